The van der Waals surface area contributed by atoms with Crippen molar-refractivity contribution in [3.63, 3.8) is 0 Å². The lowest BCUT2D eigenvalue weighted by atomic mass is 10.2. The van der Waals surface area contributed by atoms with E-state index in [1.807, 2.05) is 30.5 Å². The highest BCUT2D eigenvalue weighted by atomic mass is 32.2. The lowest BCUT2D eigenvalue weighted by molar-refractivity contribution is -0.0328. The monoisotopic (exact) mass is 329 g/mol. The summed E-state index contributed by atoms with van der Waals surface area (Å²) in [7, 11) is 0. The van der Waals surface area contributed by atoms with Crippen LogP contribution in [-0.4, -0.2) is 11.8 Å². The van der Waals surface area contributed by atoms with Gasteiger partial charge in [-0.2, -0.15) is 13.2 Å². The number of anilines is 1. The van der Waals surface area contributed by atoms with Crippen LogP contribution in [0.5, 0.6) is 0 Å². The van der Waals surface area contributed by atoms with Crippen LogP contribution in [0.3, 0.4) is 0 Å². The van der Waals surface area contributed by atoms with Gasteiger partial charge in [0, 0.05) is 22.0 Å². The van der Waals surface area contributed by atoms with E-state index in [1.165, 1.54) is 12.1 Å². The van der Waals surface area contributed by atoms with Gasteiger partial charge in [0.1, 0.15) is 0 Å². The summed E-state index contributed by atoms with van der Waals surface area (Å²) in [6.07, 6.45) is 2.00. The molecule has 0 bridgehead atoms. The zero-order chi connectivity index (χ0) is 15.3. The van der Waals surface area contributed by atoms with Gasteiger partial charge in [-0.15, -0.1) is 11.8 Å². The smallest absolute Gasteiger partial charge is 0.380 e. The Morgan fingerprint density at radius 2 is 1.67 bits per heavy atom. The average Bonchev–Trinajstić information content (AvgIpc) is 2.45. The van der Waals surface area contributed by atoms with E-state index in [0.717, 1.165) is 16.1 Å². The summed E-state index contributed by atoms with van der Waals surface area (Å²) in [6, 6.07) is 14.3. The minimum absolute atomic E-state index is 0.0938. The number of halogens is 3. The van der Waals surface area contributed by atoms with Crippen molar-refractivity contribution in [2.75, 3.05) is 11.6 Å². The van der Waals surface area contributed by atoms with E-state index < -0.39 is 5.51 Å². The predicted molar refractivity (Wildman–Crippen MR) is 83.9 cm³/mol. The summed E-state index contributed by atoms with van der Waals surface area (Å²) in [6.45, 7) is 0.578. The molecule has 112 valence electrons. The highest BCUT2D eigenvalue weighted by Crippen LogP contribution is 2.36. The van der Waals surface area contributed by atoms with E-state index in [2.05, 4.69) is 5.32 Å². The first kappa shape index (κ1) is 16.1. The van der Waals surface area contributed by atoms with Crippen molar-refractivity contribution in [3.05, 3.63) is 54.1 Å². The Hall–Kier alpha value is -1.27. The number of nitrogens with one attached hydrogen (secondary N) is 1. The number of hydrogen-bond donors (Lipinski definition) is 1. The summed E-state index contributed by atoms with van der Waals surface area (Å²) in [5.74, 6) is 0. The molecule has 0 heterocycles. The van der Waals surface area contributed by atoms with Gasteiger partial charge in [-0.3, -0.25) is 0 Å². The molecule has 1 N–H and O–H groups in total. The second-order valence-corrected chi connectivity index (χ2v) is 6.23. The van der Waals surface area contributed by atoms with Crippen LogP contribution in [-0.2, 0) is 6.54 Å². The lowest BCUT2D eigenvalue weighted by Crippen LogP contribution is -2.01. The highest BCUT2D eigenvalue weighted by molar-refractivity contribution is 8.00. The molecule has 0 saturated heterocycles. The largest absolute Gasteiger partial charge is 0.446 e. The van der Waals surface area contributed by atoms with Crippen LogP contribution in [0.4, 0.5) is 18.9 Å². The fourth-order valence-electron chi connectivity index (χ4n) is 1.80. The maximum absolute atomic E-state index is 12.2. The second kappa shape index (κ2) is 7.13. The van der Waals surface area contributed by atoms with Crippen molar-refractivity contribution in [3.8, 4) is 0 Å². The molecule has 21 heavy (non-hydrogen) atoms. The van der Waals surface area contributed by atoms with Gasteiger partial charge in [0.05, 0.1) is 0 Å². The molecule has 0 fully saturated rings. The molecule has 0 aliphatic rings. The van der Waals surface area contributed by atoms with E-state index in [1.54, 1.807) is 23.9 Å². The quantitative estimate of drug-likeness (QED) is 0.714. The highest BCUT2D eigenvalue weighted by Gasteiger charge is 2.28. The molecule has 0 aliphatic heterocycles. The number of benzene rings is 2. The van der Waals surface area contributed by atoms with E-state index in [0.29, 0.717) is 6.54 Å². The van der Waals surface area contributed by atoms with Gasteiger partial charge in [0.15, 0.2) is 0 Å². The zero-order valence-corrected chi connectivity index (χ0v) is 12.9. The maximum Gasteiger partial charge on any atom is 0.446 e. The van der Waals surface area contributed by atoms with Gasteiger partial charge in [-0.05, 0) is 47.8 Å². The molecular weight excluding hydrogens is 315 g/mol. The van der Waals surface area contributed by atoms with Crippen molar-refractivity contribution < 1.29 is 13.2 Å². The molecule has 0 radical (unpaired) electrons. The molecule has 0 aromatic heterocycles. The van der Waals surface area contributed by atoms with E-state index >= 15 is 0 Å². The third-order valence-corrected chi connectivity index (χ3v) is 4.28. The second-order valence-electron chi connectivity index (χ2n) is 4.25. The predicted octanol–water partition coefficient (Wildman–Crippen LogP) is 5.63. The minimum Gasteiger partial charge on any atom is -0.380 e. The van der Waals surface area contributed by atoms with Crippen molar-refractivity contribution >= 4 is 29.2 Å². The van der Waals surface area contributed by atoms with Gasteiger partial charge in [-0.25, -0.2) is 0 Å². The SMILES string of the molecule is CSc1ccccc1NCc1ccc(SC(F)(F)F)cc1. The number of hydrogen-bond acceptors (Lipinski definition) is 3. The summed E-state index contributed by atoms with van der Waals surface area (Å²) in [5.41, 5.74) is -2.27. The molecule has 0 atom stereocenters. The van der Waals surface area contributed by atoms with Gasteiger partial charge in [0.2, 0.25) is 0 Å². The Morgan fingerprint density at radius 1 is 1.00 bits per heavy atom. The van der Waals surface area contributed by atoms with Gasteiger partial charge < -0.3 is 5.32 Å². The summed E-state index contributed by atoms with van der Waals surface area (Å²) in [4.78, 5) is 1.34. The van der Waals surface area contributed by atoms with E-state index in [-0.39, 0.29) is 16.7 Å². The molecule has 0 spiro atoms. The molecule has 0 unspecified atom stereocenters. The van der Waals surface area contributed by atoms with E-state index in [9.17, 15) is 13.2 Å². The molecule has 0 saturated carbocycles. The number of rotatable bonds is 5. The van der Waals surface area contributed by atoms with Gasteiger partial charge in [-0.1, -0.05) is 24.3 Å². The van der Waals surface area contributed by atoms with Crippen molar-refractivity contribution in [2.24, 2.45) is 0 Å². The Kier molecular flexibility index (Phi) is 5.47. The molecule has 2 aromatic rings. The first-order valence-electron chi connectivity index (χ1n) is 6.19. The van der Waals surface area contributed by atoms with Crippen LogP contribution in [0.1, 0.15) is 5.56 Å². The van der Waals surface area contributed by atoms with Crippen molar-refractivity contribution in [2.45, 2.75) is 21.8 Å². The third kappa shape index (κ3) is 5.21. The van der Waals surface area contributed by atoms with Crippen molar-refractivity contribution in [1.82, 2.24) is 0 Å². The Labute approximate surface area is 130 Å². The average molecular weight is 329 g/mol. The number of para-hydroxylation sites is 1. The number of alkyl halides is 3. The molecule has 2 rings (SSSR count). The van der Waals surface area contributed by atoms with Crippen LogP contribution in [0, 0.1) is 0 Å². The van der Waals surface area contributed by atoms with Gasteiger partial charge in [0.25, 0.3) is 0 Å². The van der Waals surface area contributed by atoms with E-state index in [4.69, 9.17) is 0 Å². The fourth-order valence-corrected chi connectivity index (χ4v) is 2.91. The Balaban J connectivity index is 1.98. The van der Waals surface area contributed by atoms with Crippen LogP contribution >= 0.6 is 23.5 Å². The molecule has 0 aliphatic carbocycles. The van der Waals surface area contributed by atoms with Crippen LogP contribution < -0.4 is 5.32 Å². The molecule has 2 aromatic carbocycles. The maximum atomic E-state index is 12.2. The normalized spacial score (nSPS) is 11.4. The molecule has 1 nitrogen and oxygen atoms in total. The van der Waals surface area contributed by atoms with Crippen molar-refractivity contribution in [1.29, 1.82) is 0 Å². The number of thioether (sulfide) groups is 2. The summed E-state index contributed by atoms with van der Waals surface area (Å²) < 4.78 is 36.7. The first-order chi connectivity index (χ1) is 9.98. The Bertz CT molecular complexity index is 582. The summed E-state index contributed by atoms with van der Waals surface area (Å²) in [5, 5.41) is 3.30. The molecule has 0 amide bonds. The van der Waals surface area contributed by atoms with Crippen LogP contribution in [0.15, 0.2) is 58.3 Å². The molecular formula is C15H14F3NS2. The summed E-state index contributed by atoms with van der Waals surface area (Å²) >= 11 is 1.55. The Morgan fingerprint density at radius 3 is 2.29 bits per heavy atom. The first-order valence-corrected chi connectivity index (χ1v) is 8.23. The van der Waals surface area contributed by atoms with Gasteiger partial charge >= 0.3 is 5.51 Å². The standard InChI is InChI=1S/C15H14F3NS2/c1-20-14-5-3-2-4-13(14)19-10-11-6-8-12(9-7-11)21-15(16,17)18/h2-9,19H,10H2,1H3. The lowest BCUT2D eigenvalue weighted by Gasteiger charge is -2.11. The topological polar surface area (TPSA) is 12.0 Å². The fraction of sp³-hybridized carbons (Fsp3) is 0.200. The zero-order valence-electron chi connectivity index (χ0n) is 11.3. The molecule has 6 heteroatoms. The third-order valence-electron chi connectivity index (χ3n) is 2.75. The van der Waals surface area contributed by atoms with Crippen LogP contribution in [0.25, 0.3) is 0 Å². The van der Waals surface area contributed by atoms with Crippen LogP contribution in [0.2, 0.25) is 0 Å². The minimum atomic E-state index is -4.24.